The number of aliphatic hydroxyl groups excluding tert-OH is 1. The summed E-state index contributed by atoms with van der Waals surface area (Å²) in [6.45, 7) is 5.84. The Morgan fingerprint density at radius 3 is 2.76 bits per heavy atom. The first-order valence-corrected chi connectivity index (χ1v) is 10.1. The second-order valence-electron chi connectivity index (χ2n) is 8.36. The number of nitrogens with zero attached hydrogens (tertiary/aromatic N) is 2. The maximum Gasteiger partial charge on any atom is 0.321 e. The standard InChI is InChI=1S/C23H29N3O3/c1-17-6-3-4-9-21(17)24-22(28)26-13-19-12-25(14-23(19,15-26)16-27)11-18-7-5-8-20(10-18)29-2/h3-10,19,27H,11-16H2,1-2H3,(H,24,28). The van der Waals surface area contributed by atoms with E-state index in [0.717, 1.165) is 36.6 Å². The van der Waals surface area contributed by atoms with Crippen LogP contribution in [0.25, 0.3) is 0 Å². The number of amides is 2. The molecule has 2 amide bonds. The van der Waals surface area contributed by atoms with Gasteiger partial charge in [-0.25, -0.2) is 4.79 Å². The molecule has 2 aliphatic rings. The largest absolute Gasteiger partial charge is 0.497 e. The van der Waals surface area contributed by atoms with Crippen LogP contribution in [0.1, 0.15) is 11.1 Å². The van der Waals surface area contributed by atoms with Crippen LogP contribution < -0.4 is 10.1 Å². The molecule has 2 saturated heterocycles. The lowest BCUT2D eigenvalue weighted by Gasteiger charge is -2.27. The number of fused-ring (bicyclic) bond motifs is 1. The van der Waals surface area contributed by atoms with Gasteiger partial charge in [-0.3, -0.25) is 4.90 Å². The lowest BCUT2D eigenvalue weighted by atomic mass is 9.82. The summed E-state index contributed by atoms with van der Waals surface area (Å²) in [4.78, 5) is 17.0. The molecule has 0 saturated carbocycles. The molecule has 0 aliphatic carbocycles. The summed E-state index contributed by atoms with van der Waals surface area (Å²) in [5.41, 5.74) is 2.84. The van der Waals surface area contributed by atoms with Gasteiger partial charge in [-0.1, -0.05) is 30.3 Å². The molecule has 2 fully saturated rings. The third-order valence-electron chi connectivity index (χ3n) is 6.36. The number of aliphatic hydroxyl groups is 1. The molecule has 2 aliphatic heterocycles. The van der Waals surface area contributed by atoms with Crippen molar-refractivity contribution in [3.05, 3.63) is 59.7 Å². The number of benzene rings is 2. The van der Waals surface area contributed by atoms with Gasteiger partial charge < -0.3 is 20.1 Å². The molecule has 2 atom stereocenters. The molecule has 6 heteroatoms. The zero-order chi connectivity index (χ0) is 20.4. The topological polar surface area (TPSA) is 65.0 Å². The van der Waals surface area contributed by atoms with Crippen molar-refractivity contribution in [2.75, 3.05) is 45.2 Å². The van der Waals surface area contributed by atoms with E-state index in [-0.39, 0.29) is 24.0 Å². The number of para-hydroxylation sites is 1. The van der Waals surface area contributed by atoms with Gasteiger partial charge in [-0.05, 0) is 36.2 Å². The van der Waals surface area contributed by atoms with Crippen LogP contribution in [0.4, 0.5) is 10.5 Å². The number of ether oxygens (including phenoxy) is 1. The first-order chi connectivity index (χ1) is 14.0. The minimum absolute atomic E-state index is 0.0825. The smallest absolute Gasteiger partial charge is 0.321 e. The number of likely N-dealkylation sites (tertiary alicyclic amines) is 2. The number of methoxy groups -OCH3 is 1. The van der Waals surface area contributed by atoms with Gasteiger partial charge >= 0.3 is 6.03 Å². The average molecular weight is 396 g/mol. The van der Waals surface area contributed by atoms with Crippen molar-refractivity contribution < 1.29 is 14.6 Å². The van der Waals surface area contributed by atoms with E-state index in [4.69, 9.17) is 4.74 Å². The zero-order valence-electron chi connectivity index (χ0n) is 17.1. The quantitative estimate of drug-likeness (QED) is 0.817. The average Bonchev–Trinajstić information content (AvgIpc) is 3.24. The second kappa shape index (κ2) is 8.05. The van der Waals surface area contributed by atoms with Crippen LogP contribution in [-0.4, -0.2) is 60.8 Å². The third kappa shape index (κ3) is 3.95. The maximum atomic E-state index is 12.8. The lowest BCUT2D eigenvalue weighted by molar-refractivity contribution is 0.115. The van der Waals surface area contributed by atoms with Crippen LogP contribution in [0.5, 0.6) is 5.75 Å². The van der Waals surface area contributed by atoms with Crippen molar-refractivity contribution in [1.82, 2.24) is 9.80 Å². The molecule has 2 N–H and O–H groups in total. The molecule has 2 unspecified atom stereocenters. The molecule has 154 valence electrons. The predicted octanol–water partition coefficient (Wildman–Crippen LogP) is 2.96. The minimum atomic E-state index is -0.248. The SMILES string of the molecule is COc1cccc(CN2CC3CN(C(=O)Nc4ccccc4C)CC3(CO)C2)c1. The molecular weight excluding hydrogens is 366 g/mol. The van der Waals surface area contributed by atoms with Crippen LogP contribution in [0.3, 0.4) is 0 Å². The van der Waals surface area contributed by atoms with Gasteiger partial charge in [0.05, 0.1) is 13.7 Å². The molecule has 2 aromatic rings. The number of hydrogen-bond donors (Lipinski definition) is 2. The Morgan fingerprint density at radius 1 is 1.21 bits per heavy atom. The fourth-order valence-corrected chi connectivity index (χ4v) is 4.73. The minimum Gasteiger partial charge on any atom is -0.497 e. The Hall–Kier alpha value is -2.57. The first-order valence-electron chi connectivity index (χ1n) is 10.1. The van der Waals surface area contributed by atoms with Crippen LogP contribution in [0, 0.1) is 18.3 Å². The lowest BCUT2D eigenvalue weighted by Crippen LogP contribution is -2.40. The van der Waals surface area contributed by atoms with E-state index < -0.39 is 0 Å². The summed E-state index contributed by atoms with van der Waals surface area (Å²) in [5, 5.41) is 13.2. The van der Waals surface area contributed by atoms with Crippen molar-refractivity contribution in [3.63, 3.8) is 0 Å². The Morgan fingerprint density at radius 2 is 2.03 bits per heavy atom. The molecule has 6 nitrogen and oxygen atoms in total. The molecular formula is C23H29N3O3. The number of aryl methyl sites for hydroxylation is 1. The molecule has 2 aromatic carbocycles. The molecule has 0 radical (unpaired) electrons. The van der Waals surface area contributed by atoms with Gasteiger partial charge in [0, 0.05) is 49.7 Å². The Bertz CT molecular complexity index is 887. The van der Waals surface area contributed by atoms with Gasteiger partial charge in [0.25, 0.3) is 0 Å². The highest BCUT2D eigenvalue weighted by molar-refractivity contribution is 5.90. The molecule has 29 heavy (non-hydrogen) atoms. The van der Waals surface area contributed by atoms with E-state index in [1.54, 1.807) is 7.11 Å². The van der Waals surface area contributed by atoms with Gasteiger partial charge in [0.1, 0.15) is 5.75 Å². The van der Waals surface area contributed by atoms with E-state index in [1.807, 2.05) is 48.2 Å². The number of carbonyl (C=O) groups is 1. The van der Waals surface area contributed by atoms with Crippen molar-refractivity contribution in [1.29, 1.82) is 0 Å². The van der Waals surface area contributed by atoms with E-state index >= 15 is 0 Å². The molecule has 0 bridgehead atoms. The summed E-state index contributed by atoms with van der Waals surface area (Å²) >= 11 is 0. The number of anilines is 1. The summed E-state index contributed by atoms with van der Waals surface area (Å²) in [6, 6.07) is 15.8. The molecule has 0 spiro atoms. The second-order valence-corrected chi connectivity index (χ2v) is 8.36. The van der Waals surface area contributed by atoms with Gasteiger partial charge in [0.15, 0.2) is 0 Å². The van der Waals surface area contributed by atoms with E-state index in [0.29, 0.717) is 13.1 Å². The van der Waals surface area contributed by atoms with Gasteiger partial charge in [-0.15, -0.1) is 0 Å². The predicted molar refractivity (Wildman–Crippen MR) is 113 cm³/mol. The van der Waals surface area contributed by atoms with E-state index in [2.05, 4.69) is 22.3 Å². The van der Waals surface area contributed by atoms with Gasteiger partial charge in [0.2, 0.25) is 0 Å². The molecule has 0 aromatic heterocycles. The Labute approximate surface area is 172 Å². The summed E-state index contributed by atoms with van der Waals surface area (Å²) in [5.74, 6) is 1.14. The fraction of sp³-hybridized carbons (Fsp3) is 0.435. The highest BCUT2D eigenvalue weighted by atomic mass is 16.5. The van der Waals surface area contributed by atoms with E-state index in [9.17, 15) is 9.90 Å². The summed E-state index contributed by atoms with van der Waals surface area (Å²) in [6.07, 6.45) is 0. The number of hydrogen-bond acceptors (Lipinski definition) is 4. The summed E-state index contributed by atoms with van der Waals surface area (Å²) < 4.78 is 5.32. The normalized spacial score (nSPS) is 23.8. The van der Waals surface area contributed by atoms with Crippen LogP contribution in [0.15, 0.2) is 48.5 Å². The number of urea groups is 1. The highest BCUT2D eigenvalue weighted by Gasteiger charge is 2.53. The maximum absolute atomic E-state index is 12.8. The monoisotopic (exact) mass is 395 g/mol. The van der Waals surface area contributed by atoms with Gasteiger partial charge in [-0.2, -0.15) is 0 Å². The van der Waals surface area contributed by atoms with Crippen LogP contribution in [-0.2, 0) is 6.54 Å². The zero-order valence-corrected chi connectivity index (χ0v) is 17.1. The van der Waals surface area contributed by atoms with Crippen LogP contribution >= 0.6 is 0 Å². The Kier molecular flexibility index (Phi) is 5.48. The summed E-state index contributed by atoms with van der Waals surface area (Å²) in [7, 11) is 1.68. The first kappa shape index (κ1) is 19.7. The number of nitrogens with one attached hydrogen (secondary N) is 1. The number of rotatable bonds is 5. The third-order valence-corrected chi connectivity index (χ3v) is 6.36. The van der Waals surface area contributed by atoms with Crippen molar-refractivity contribution >= 4 is 11.7 Å². The fourth-order valence-electron chi connectivity index (χ4n) is 4.73. The van der Waals surface area contributed by atoms with E-state index in [1.165, 1.54) is 5.56 Å². The van der Waals surface area contributed by atoms with Crippen molar-refractivity contribution in [2.24, 2.45) is 11.3 Å². The highest BCUT2D eigenvalue weighted by Crippen LogP contribution is 2.42. The Balaban J connectivity index is 1.40. The molecule has 4 rings (SSSR count). The van der Waals surface area contributed by atoms with Crippen LogP contribution in [0.2, 0.25) is 0 Å². The molecule has 2 heterocycles. The van der Waals surface area contributed by atoms with Crippen molar-refractivity contribution in [2.45, 2.75) is 13.5 Å². The van der Waals surface area contributed by atoms with Crippen molar-refractivity contribution in [3.8, 4) is 5.75 Å². The number of carbonyl (C=O) groups excluding carboxylic acids is 1.